The van der Waals surface area contributed by atoms with E-state index >= 15 is 0 Å². The Bertz CT molecular complexity index is 305. The van der Waals surface area contributed by atoms with Crippen molar-refractivity contribution in [2.24, 2.45) is 5.92 Å². The molecule has 0 saturated heterocycles. The summed E-state index contributed by atoms with van der Waals surface area (Å²) in [5.41, 5.74) is 0. The fraction of sp³-hybridized carbons (Fsp3) is 0.692. The quantitative estimate of drug-likeness (QED) is 0.677. The molecular formula is C13H19ClS. The molecule has 0 N–H and O–H groups in total. The third-order valence-electron chi connectivity index (χ3n) is 3.27. The number of rotatable bonds is 3. The molecule has 84 valence electrons. The number of thiophene rings is 1. The van der Waals surface area contributed by atoms with Crippen molar-refractivity contribution in [1.29, 1.82) is 0 Å². The van der Waals surface area contributed by atoms with Crippen molar-refractivity contribution < 1.29 is 0 Å². The van der Waals surface area contributed by atoms with Gasteiger partial charge in [0.25, 0.3) is 0 Å². The standard InChI is InChI=1S/C13H19ClS/c1-2-12-6-7-13(15-12)9-10-4-3-5-11(14)8-10/h6-7,10-11H,2-5,8-9H2,1H3. The van der Waals surface area contributed by atoms with Gasteiger partial charge in [-0.25, -0.2) is 0 Å². The largest absolute Gasteiger partial charge is 0.145 e. The first kappa shape index (κ1) is 11.5. The van der Waals surface area contributed by atoms with Crippen molar-refractivity contribution in [3.8, 4) is 0 Å². The topological polar surface area (TPSA) is 0 Å². The molecule has 0 bridgehead atoms. The summed E-state index contributed by atoms with van der Waals surface area (Å²) in [4.78, 5) is 3.07. The molecule has 1 fully saturated rings. The van der Waals surface area contributed by atoms with Crippen molar-refractivity contribution in [2.75, 3.05) is 0 Å². The van der Waals surface area contributed by atoms with E-state index in [1.54, 1.807) is 4.88 Å². The summed E-state index contributed by atoms with van der Waals surface area (Å²) < 4.78 is 0. The first-order valence-corrected chi connectivity index (χ1v) is 7.25. The van der Waals surface area contributed by atoms with Gasteiger partial charge < -0.3 is 0 Å². The van der Waals surface area contributed by atoms with Gasteiger partial charge in [-0.1, -0.05) is 13.3 Å². The van der Waals surface area contributed by atoms with Crippen LogP contribution in [0.1, 0.15) is 42.4 Å². The van der Waals surface area contributed by atoms with Gasteiger partial charge in [0, 0.05) is 15.1 Å². The van der Waals surface area contributed by atoms with Gasteiger partial charge >= 0.3 is 0 Å². The summed E-state index contributed by atoms with van der Waals surface area (Å²) >= 11 is 8.20. The van der Waals surface area contributed by atoms with Crippen LogP contribution in [-0.2, 0) is 12.8 Å². The van der Waals surface area contributed by atoms with Crippen molar-refractivity contribution in [1.82, 2.24) is 0 Å². The highest BCUT2D eigenvalue weighted by Gasteiger charge is 2.20. The second kappa shape index (κ2) is 5.36. The lowest BCUT2D eigenvalue weighted by Crippen LogP contribution is -2.16. The zero-order valence-electron chi connectivity index (χ0n) is 9.34. The highest BCUT2D eigenvalue weighted by molar-refractivity contribution is 7.11. The molecule has 1 aromatic heterocycles. The molecule has 2 unspecified atom stereocenters. The molecule has 2 heteroatoms. The number of aryl methyl sites for hydroxylation is 1. The van der Waals surface area contributed by atoms with Gasteiger partial charge in [0.2, 0.25) is 0 Å². The van der Waals surface area contributed by atoms with Crippen LogP contribution in [0.25, 0.3) is 0 Å². The molecule has 0 aliphatic heterocycles. The number of alkyl halides is 1. The lowest BCUT2D eigenvalue weighted by Gasteiger charge is -2.24. The monoisotopic (exact) mass is 242 g/mol. The highest BCUT2D eigenvalue weighted by Crippen LogP contribution is 2.31. The van der Waals surface area contributed by atoms with Crippen molar-refractivity contribution in [2.45, 2.75) is 50.8 Å². The van der Waals surface area contributed by atoms with Crippen LogP contribution < -0.4 is 0 Å². The smallest absolute Gasteiger partial charge is 0.0338 e. The maximum Gasteiger partial charge on any atom is 0.0338 e. The zero-order valence-corrected chi connectivity index (χ0v) is 10.9. The van der Waals surface area contributed by atoms with Gasteiger partial charge in [-0.15, -0.1) is 22.9 Å². The zero-order chi connectivity index (χ0) is 10.7. The summed E-state index contributed by atoms with van der Waals surface area (Å²) in [5.74, 6) is 0.838. The fourth-order valence-corrected chi connectivity index (χ4v) is 3.90. The predicted molar refractivity (Wildman–Crippen MR) is 69.0 cm³/mol. The Kier molecular flexibility index (Phi) is 4.10. The van der Waals surface area contributed by atoms with Gasteiger partial charge in [-0.2, -0.15) is 0 Å². The second-order valence-corrected chi connectivity index (χ2v) is 6.43. The van der Waals surface area contributed by atoms with Crippen LogP contribution in [0.5, 0.6) is 0 Å². The normalized spacial score (nSPS) is 26.8. The third-order valence-corrected chi connectivity index (χ3v) is 4.92. The molecule has 2 atom stereocenters. The number of hydrogen-bond acceptors (Lipinski definition) is 1. The lowest BCUT2D eigenvalue weighted by atomic mass is 9.86. The van der Waals surface area contributed by atoms with E-state index in [0.29, 0.717) is 5.38 Å². The van der Waals surface area contributed by atoms with E-state index in [9.17, 15) is 0 Å². The minimum absolute atomic E-state index is 0.439. The first-order valence-electron chi connectivity index (χ1n) is 5.99. The highest BCUT2D eigenvalue weighted by atomic mass is 35.5. The molecule has 0 aromatic carbocycles. The van der Waals surface area contributed by atoms with Crippen molar-refractivity contribution >= 4 is 22.9 Å². The molecule has 0 amide bonds. The fourth-order valence-electron chi connectivity index (χ4n) is 2.42. The average Bonchev–Trinajstić information content (AvgIpc) is 2.65. The van der Waals surface area contributed by atoms with E-state index in [-0.39, 0.29) is 0 Å². The molecule has 15 heavy (non-hydrogen) atoms. The summed E-state index contributed by atoms with van der Waals surface area (Å²) in [6.45, 7) is 2.23. The van der Waals surface area contributed by atoms with Crippen molar-refractivity contribution in [3.63, 3.8) is 0 Å². The van der Waals surface area contributed by atoms with Gasteiger partial charge in [-0.3, -0.25) is 0 Å². The van der Waals surface area contributed by atoms with Crippen LogP contribution in [0.15, 0.2) is 12.1 Å². The van der Waals surface area contributed by atoms with E-state index in [2.05, 4.69) is 19.1 Å². The van der Waals surface area contributed by atoms with Crippen LogP contribution in [0, 0.1) is 5.92 Å². The van der Waals surface area contributed by atoms with E-state index in [0.717, 1.165) is 5.92 Å². The molecule has 0 spiro atoms. The lowest BCUT2D eigenvalue weighted by molar-refractivity contribution is 0.363. The Morgan fingerprint density at radius 2 is 2.13 bits per heavy atom. The SMILES string of the molecule is CCc1ccc(CC2CCCC(Cl)C2)s1. The molecule has 1 heterocycles. The molecule has 1 saturated carbocycles. The van der Waals surface area contributed by atoms with Crippen LogP contribution in [0.2, 0.25) is 0 Å². The Morgan fingerprint density at radius 3 is 2.80 bits per heavy atom. The molecule has 2 rings (SSSR count). The molecule has 0 radical (unpaired) electrons. The molecule has 1 aliphatic carbocycles. The van der Waals surface area contributed by atoms with E-state index in [1.807, 2.05) is 11.3 Å². The Hall–Kier alpha value is -0.0100. The summed E-state index contributed by atoms with van der Waals surface area (Å²) in [6.07, 6.45) is 7.58. The Morgan fingerprint density at radius 1 is 1.33 bits per heavy atom. The van der Waals surface area contributed by atoms with Gasteiger partial charge in [0.15, 0.2) is 0 Å². The summed E-state index contributed by atoms with van der Waals surface area (Å²) in [7, 11) is 0. The van der Waals surface area contributed by atoms with Crippen molar-refractivity contribution in [3.05, 3.63) is 21.9 Å². The van der Waals surface area contributed by atoms with E-state index < -0.39 is 0 Å². The minimum Gasteiger partial charge on any atom is -0.145 e. The van der Waals surface area contributed by atoms with Crippen LogP contribution in [0.4, 0.5) is 0 Å². The maximum atomic E-state index is 6.21. The minimum atomic E-state index is 0.439. The third kappa shape index (κ3) is 3.22. The second-order valence-electron chi connectivity index (χ2n) is 4.56. The summed E-state index contributed by atoms with van der Waals surface area (Å²) in [6, 6.07) is 4.59. The molecule has 1 aromatic rings. The molecule has 1 aliphatic rings. The first-order chi connectivity index (χ1) is 7.28. The van der Waals surface area contributed by atoms with Gasteiger partial charge in [0.1, 0.15) is 0 Å². The number of hydrogen-bond donors (Lipinski definition) is 0. The summed E-state index contributed by atoms with van der Waals surface area (Å²) in [5, 5.41) is 0.439. The molecule has 0 nitrogen and oxygen atoms in total. The van der Waals surface area contributed by atoms with E-state index in [1.165, 1.54) is 43.4 Å². The predicted octanol–water partition coefficient (Wildman–Crippen LogP) is 4.65. The molecular weight excluding hydrogens is 224 g/mol. The van der Waals surface area contributed by atoms with Gasteiger partial charge in [0.05, 0.1) is 0 Å². The van der Waals surface area contributed by atoms with E-state index in [4.69, 9.17) is 11.6 Å². The van der Waals surface area contributed by atoms with Crippen LogP contribution in [-0.4, -0.2) is 5.38 Å². The van der Waals surface area contributed by atoms with Gasteiger partial charge in [-0.05, 0) is 50.2 Å². The van der Waals surface area contributed by atoms with Crippen LogP contribution in [0.3, 0.4) is 0 Å². The Balaban J connectivity index is 1.90. The average molecular weight is 243 g/mol. The Labute approximate surface area is 102 Å². The maximum absolute atomic E-state index is 6.21. The van der Waals surface area contributed by atoms with Crippen LogP contribution >= 0.6 is 22.9 Å². The number of halogens is 1.